The van der Waals surface area contributed by atoms with Crippen molar-refractivity contribution in [3.8, 4) is 6.07 Å². The minimum Gasteiger partial charge on any atom is -0.324 e. The van der Waals surface area contributed by atoms with Crippen LogP contribution in [0.25, 0.3) is 0 Å². The summed E-state index contributed by atoms with van der Waals surface area (Å²) in [4.78, 5) is 0. The van der Waals surface area contributed by atoms with Gasteiger partial charge in [-0.1, -0.05) is 0 Å². The van der Waals surface area contributed by atoms with Crippen molar-refractivity contribution in [3.05, 3.63) is 0 Å². The minimum absolute atomic E-state index is 0.297. The molecule has 2 nitrogen and oxygen atoms in total. The lowest BCUT2D eigenvalue weighted by Gasteiger charge is -2.21. The molecule has 0 bridgehead atoms. The van der Waals surface area contributed by atoms with Crippen LogP contribution in [0.4, 0.5) is 0 Å². The monoisotopic (exact) mass is 199 g/mol. The molecule has 0 saturated carbocycles. The maximum absolute atomic E-state index is 8.31. The topological polar surface area (TPSA) is 33.0 Å². The Bertz CT molecular complexity index is 143. The lowest BCUT2D eigenvalue weighted by molar-refractivity contribution is 0.141. The Hall–Kier alpha value is 0.460. The molecule has 5 heteroatoms. The summed E-state index contributed by atoms with van der Waals surface area (Å²) in [6.07, 6.45) is 0.297. The number of nitriles is 1. The van der Waals surface area contributed by atoms with Crippen LogP contribution >= 0.6 is 29.3 Å². The molecule has 0 aromatic carbocycles. The highest BCUT2D eigenvalue weighted by Gasteiger charge is 2.21. The molecular weight excluding hydrogens is 192 g/mol. The average molecular weight is 200 g/mol. The third-order valence-corrected chi connectivity index (χ3v) is 1.87. The third-order valence-electron chi connectivity index (χ3n) is 0.821. The Kier molecular flexibility index (Phi) is 4.56. The summed E-state index contributed by atoms with van der Waals surface area (Å²) in [6.45, 7) is 2.14. The standard InChI is InChI=1S/C5H8Cl2NOP/c1-5(2,3-4-8)9-10(6)7/h3H2,1-2H3. The molecule has 0 aliphatic carbocycles. The van der Waals surface area contributed by atoms with E-state index in [1.165, 1.54) is 0 Å². The predicted molar refractivity (Wildman–Crippen MR) is 44.0 cm³/mol. The second kappa shape index (κ2) is 4.36. The molecule has 0 amide bonds. The Morgan fingerprint density at radius 3 is 2.40 bits per heavy atom. The summed E-state index contributed by atoms with van der Waals surface area (Å²) in [5, 5.41) is 8.31. The van der Waals surface area contributed by atoms with Crippen molar-refractivity contribution in [2.75, 3.05) is 0 Å². The van der Waals surface area contributed by atoms with Crippen LogP contribution in [0.5, 0.6) is 0 Å². The van der Waals surface area contributed by atoms with Gasteiger partial charge in [-0.3, -0.25) is 0 Å². The van der Waals surface area contributed by atoms with Gasteiger partial charge in [0.05, 0.1) is 18.1 Å². The number of hydrogen-bond donors (Lipinski definition) is 0. The molecule has 0 unspecified atom stereocenters. The molecule has 0 aromatic rings. The second-order valence-electron chi connectivity index (χ2n) is 2.39. The molecule has 0 atom stereocenters. The van der Waals surface area contributed by atoms with Crippen LogP contribution in [0, 0.1) is 11.3 Å². The highest BCUT2D eigenvalue weighted by Crippen LogP contribution is 2.51. The van der Waals surface area contributed by atoms with Gasteiger partial charge in [0.1, 0.15) is 0 Å². The lowest BCUT2D eigenvalue weighted by atomic mass is 10.1. The first-order valence-corrected chi connectivity index (χ1v) is 5.73. The van der Waals surface area contributed by atoms with Crippen molar-refractivity contribution in [1.29, 1.82) is 5.26 Å². The fourth-order valence-electron chi connectivity index (χ4n) is 0.409. The van der Waals surface area contributed by atoms with E-state index in [9.17, 15) is 0 Å². The van der Waals surface area contributed by atoms with Crippen LogP contribution in [0.15, 0.2) is 0 Å². The normalized spacial score (nSPS) is 11.6. The van der Waals surface area contributed by atoms with Gasteiger partial charge in [0, 0.05) is 0 Å². The Morgan fingerprint density at radius 2 is 2.10 bits per heavy atom. The maximum Gasteiger partial charge on any atom is 0.226 e. The average Bonchev–Trinajstić information content (AvgIpc) is 1.59. The van der Waals surface area contributed by atoms with Crippen LogP contribution < -0.4 is 0 Å². The lowest BCUT2D eigenvalue weighted by Crippen LogP contribution is -2.19. The third kappa shape index (κ3) is 5.26. The zero-order chi connectivity index (χ0) is 8.20. The van der Waals surface area contributed by atoms with Crippen molar-refractivity contribution < 1.29 is 4.52 Å². The molecular formula is C5H8Cl2NOP. The van der Waals surface area contributed by atoms with E-state index in [1.54, 1.807) is 13.8 Å². The zero-order valence-electron chi connectivity index (χ0n) is 5.77. The quantitative estimate of drug-likeness (QED) is 0.654. The first-order valence-electron chi connectivity index (χ1n) is 2.66. The van der Waals surface area contributed by atoms with Crippen molar-refractivity contribution in [3.63, 3.8) is 0 Å². The number of nitrogens with zero attached hydrogens (tertiary/aromatic N) is 1. The van der Waals surface area contributed by atoms with Gasteiger partial charge in [-0.15, -0.1) is 0 Å². The summed E-state index contributed by atoms with van der Waals surface area (Å²) in [6, 6.07) is 1.98. The van der Waals surface area contributed by atoms with Gasteiger partial charge in [-0.2, -0.15) is 5.26 Å². The van der Waals surface area contributed by atoms with Crippen LogP contribution in [-0.2, 0) is 4.52 Å². The van der Waals surface area contributed by atoms with E-state index < -0.39 is 12.5 Å². The van der Waals surface area contributed by atoms with Gasteiger partial charge >= 0.3 is 0 Å². The van der Waals surface area contributed by atoms with Crippen molar-refractivity contribution in [2.45, 2.75) is 25.9 Å². The smallest absolute Gasteiger partial charge is 0.226 e. The van der Waals surface area contributed by atoms with Crippen LogP contribution in [0.2, 0.25) is 0 Å². The molecule has 10 heavy (non-hydrogen) atoms. The Morgan fingerprint density at radius 1 is 1.60 bits per heavy atom. The summed E-state index contributed by atoms with van der Waals surface area (Å²) >= 11 is 10.8. The molecule has 0 radical (unpaired) electrons. The van der Waals surface area contributed by atoms with Crippen LogP contribution in [-0.4, -0.2) is 5.60 Å². The molecule has 58 valence electrons. The van der Waals surface area contributed by atoms with Gasteiger partial charge in [0.25, 0.3) is 0 Å². The second-order valence-corrected chi connectivity index (χ2v) is 5.34. The Labute approximate surface area is 71.5 Å². The molecule has 0 fully saturated rings. The van der Waals surface area contributed by atoms with E-state index in [-0.39, 0.29) is 0 Å². The van der Waals surface area contributed by atoms with Gasteiger partial charge in [0.2, 0.25) is 6.85 Å². The molecule has 0 heterocycles. The predicted octanol–water partition coefficient (Wildman–Crippen LogP) is 3.40. The Balaban J connectivity index is 3.77. The van der Waals surface area contributed by atoms with Crippen LogP contribution in [0.3, 0.4) is 0 Å². The zero-order valence-corrected chi connectivity index (χ0v) is 8.17. The number of rotatable bonds is 3. The van der Waals surface area contributed by atoms with Crippen LogP contribution in [0.1, 0.15) is 20.3 Å². The maximum atomic E-state index is 8.31. The summed E-state index contributed by atoms with van der Waals surface area (Å²) in [7, 11) is 0. The van der Waals surface area contributed by atoms with E-state index in [4.69, 9.17) is 32.3 Å². The summed E-state index contributed by atoms with van der Waals surface area (Å²) < 4.78 is 5.05. The van der Waals surface area contributed by atoms with Gasteiger partial charge in [-0.05, 0) is 36.3 Å². The van der Waals surface area contributed by atoms with Gasteiger partial charge in [-0.25, -0.2) is 0 Å². The SMILES string of the molecule is CC(C)(CC#N)OP(Cl)Cl. The highest BCUT2D eigenvalue weighted by molar-refractivity contribution is 8.00. The van der Waals surface area contributed by atoms with Crippen molar-refractivity contribution >= 4 is 29.3 Å². The van der Waals surface area contributed by atoms with E-state index in [0.717, 1.165) is 0 Å². The van der Waals surface area contributed by atoms with E-state index in [0.29, 0.717) is 6.42 Å². The van der Waals surface area contributed by atoms with Gasteiger partial charge in [0.15, 0.2) is 0 Å². The number of hydrogen-bond acceptors (Lipinski definition) is 2. The molecule has 0 saturated heterocycles. The molecule has 0 N–H and O–H groups in total. The first kappa shape index (κ1) is 10.5. The van der Waals surface area contributed by atoms with E-state index in [1.807, 2.05) is 6.07 Å². The first-order chi connectivity index (χ1) is 4.48. The largest absolute Gasteiger partial charge is 0.324 e. The minimum atomic E-state index is -1.41. The summed E-state index contributed by atoms with van der Waals surface area (Å²) in [5.74, 6) is 0. The highest BCUT2D eigenvalue weighted by atomic mass is 35.9. The fourth-order valence-corrected chi connectivity index (χ4v) is 1.97. The van der Waals surface area contributed by atoms with Crippen molar-refractivity contribution in [1.82, 2.24) is 0 Å². The molecule has 0 spiro atoms. The molecule has 0 rings (SSSR count). The fraction of sp³-hybridized carbons (Fsp3) is 0.800. The molecule has 0 aliphatic heterocycles. The van der Waals surface area contributed by atoms with Gasteiger partial charge < -0.3 is 4.52 Å². The van der Waals surface area contributed by atoms with E-state index in [2.05, 4.69) is 0 Å². The van der Waals surface area contributed by atoms with E-state index >= 15 is 0 Å². The molecule has 0 aliphatic rings. The summed E-state index contributed by atoms with van der Waals surface area (Å²) in [5.41, 5.74) is -0.524. The molecule has 0 aromatic heterocycles. The number of halogens is 2. The van der Waals surface area contributed by atoms with Crippen molar-refractivity contribution in [2.24, 2.45) is 0 Å².